The molecule has 1 fully saturated rings. The molecule has 1 N–H and O–H groups in total. The fraction of sp³-hybridized carbons (Fsp3) is 0.538. The van der Waals surface area contributed by atoms with Crippen molar-refractivity contribution < 1.29 is 4.74 Å². The highest BCUT2D eigenvalue weighted by Crippen LogP contribution is 2.20. The van der Waals surface area contributed by atoms with Gasteiger partial charge in [0.2, 0.25) is 0 Å². The van der Waals surface area contributed by atoms with E-state index in [0.717, 1.165) is 31.4 Å². The van der Waals surface area contributed by atoms with Gasteiger partial charge in [-0.25, -0.2) is 0 Å². The topological polar surface area (TPSA) is 21.3 Å². The standard InChI is InChI=1S/C13H19NO/c1-10-3-4-11(2)13(7-10)15-6-5-12-8-14-9-12/h3-4,7,12,14H,5-6,8-9H2,1-2H3. The van der Waals surface area contributed by atoms with Crippen LogP contribution in [0.1, 0.15) is 17.5 Å². The third-order valence-electron chi connectivity index (χ3n) is 2.99. The van der Waals surface area contributed by atoms with Crippen molar-refractivity contribution in [3.8, 4) is 5.75 Å². The maximum absolute atomic E-state index is 5.80. The molecule has 1 aliphatic rings. The van der Waals surface area contributed by atoms with Gasteiger partial charge in [-0.05, 0) is 56.5 Å². The first kappa shape index (κ1) is 10.5. The summed E-state index contributed by atoms with van der Waals surface area (Å²) in [5.41, 5.74) is 2.49. The molecular formula is C13H19NO. The molecule has 1 saturated heterocycles. The molecule has 2 rings (SSSR count). The van der Waals surface area contributed by atoms with Gasteiger partial charge in [0.25, 0.3) is 0 Å². The predicted molar refractivity (Wildman–Crippen MR) is 62.4 cm³/mol. The van der Waals surface area contributed by atoms with Gasteiger partial charge in [0.1, 0.15) is 5.75 Å². The van der Waals surface area contributed by atoms with E-state index in [1.54, 1.807) is 0 Å². The summed E-state index contributed by atoms with van der Waals surface area (Å²) in [5, 5.41) is 3.27. The Hall–Kier alpha value is -1.02. The molecule has 1 aromatic carbocycles. The van der Waals surface area contributed by atoms with E-state index >= 15 is 0 Å². The number of hydrogen-bond acceptors (Lipinski definition) is 2. The average Bonchev–Trinajstić information content (AvgIpc) is 2.15. The zero-order valence-electron chi connectivity index (χ0n) is 9.55. The largest absolute Gasteiger partial charge is 0.493 e. The molecule has 0 saturated carbocycles. The molecule has 2 heteroatoms. The maximum atomic E-state index is 5.80. The SMILES string of the molecule is Cc1ccc(C)c(OCCC2CNC2)c1. The fourth-order valence-electron chi connectivity index (χ4n) is 1.75. The summed E-state index contributed by atoms with van der Waals surface area (Å²) in [6, 6.07) is 6.36. The van der Waals surface area contributed by atoms with Crippen molar-refractivity contribution in [3.05, 3.63) is 29.3 Å². The summed E-state index contributed by atoms with van der Waals surface area (Å²) >= 11 is 0. The number of benzene rings is 1. The Balaban J connectivity index is 1.83. The average molecular weight is 205 g/mol. The molecule has 0 spiro atoms. The smallest absolute Gasteiger partial charge is 0.122 e. The summed E-state index contributed by atoms with van der Waals surface area (Å²) in [7, 11) is 0. The molecule has 82 valence electrons. The van der Waals surface area contributed by atoms with Crippen molar-refractivity contribution in [1.29, 1.82) is 0 Å². The predicted octanol–water partition coefficient (Wildman–Crippen LogP) is 2.29. The van der Waals surface area contributed by atoms with Gasteiger partial charge in [-0.2, -0.15) is 0 Å². The summed E-state index contributed by atoms with van der Waals surface area (Å²) in [6.07, 6.45) is 1.17. The van der Waals surface area contributed by atoms with Crippen molar-refractivity contribution in [3.63, 3.8) is 0 Å². The van der Waals surface area contributed by atoms with Gasteiger partial charge in [-0.15, -0.1) is 0 Å². The zero-order chi connectivity index (χ0) is 10.7. The lowest BCUT2D eigenvalue weighted by atomic mass is 10.0. The first-order valence-corrected chi connectivity index (χ1v) is 5.66. The Morgan fingerprint density at radius 3 is 2.80 bits per heavy atom. The molecule has 1 aromatic rings. The van der Waals surface area contributed by atoms with E-state index in [1.165, 1.54) is 17.5 Å². The number of nitrogens with one attached hydrogen (secondary N) is 1. The molecule has 2 nitrogen and oxygen atoms in total. The summed E-state index contributed by atoms with van der Waals surface area (Å²) < 4.78 is 5.80. The normalized spacial score (nSPS) is 16.1. The quantitative estimate of drug-likeness (QED) is 0.814. The molecule has 0 amide bonds. The fourth-order valence-corrected chi connectivity index (χ4v) is 1.75. The number of ether oxygens (including phenoxy) is 1. The van der Waals surface area contributed by atoms with E-state index in [0.29, 0.717) is 0 Å². The van der Waals surface area contributed by atoms with Gasteiger partial charge < -0.3 is 10.1 Å². The molecular weight excluding hydrogens is 186 g/mol. The second-order valence-corrected chi connectivity index (χ2v) is 4.43. The summed E-state index contributed by atoms with van der Waals surface area (Å²) in [4.78, 5) is 0. The molecule has 1 heterocycles. The van der Waals surface area contributed by atoms with Crippen LogP contribution in [0.25, 0.3) is 0 Å². The van der Waals surface area contributed by atoms with Crippen LogP contribution < -0.4 is 10.1 Å². The van der Waals surface area contributed by atoms with Gasteiger partial charge in [-0.3, -0.25) is 0 Å². The lowest BCUT2D eigenvalue weighted by molar-refractivity contribution is 0.237. The van der Waals surface area contributed by atoms with E-state index in [1.807, 2.05) is 0 Å². The molecule has 1 aliphatic heterocycles. The third-order valence-corrected chi connectivity index (χ3v) is 2.99. The third kappa shape index (κ3) is 2.72. The van der Waals surface area contributed by atoms with Crippen LogP contribution in [0, 0.1) is 19.8 Å². The van der Waals surface area contributed by atoms with Crippen LogP contribution in [-0.4, -0.2) is 19.7 Å². The molecule has 0 atom stereocenters. The molecule has 0 unspecified atom stereocenters. The lowest BCUT2D eigenvalue weighted by Gasteiger charge is -2.26. The van der Waals surface area contributed by atoms with Crippen LogP contribution in [0.2, 0.25) is 0 Å². The van der Waals surface area contributed by atoms with Crippen LogP contribution in [0.5, 0.6) is 5.75 Å². The second kappa shape index (κ2) is 4.67. The number of hydrogen-bond donors (Lipinski definition) is 1. The van der Waals surface area contributed by atoms with E-state index < -0.39 is 0 Å². The van der Waals surface area contributed by atoms with Gasteiger partial charge in [-0.1, -0.05) is 12.1 Å². The van der Waals surface area contributed by atoms with Crippen molar-refractivity contribution in [2.24, 2.45) is 5.92 Å². The zero-order valence-corrected chi connectivity index (χ0v) is 9.55. The van der Waals surface area contributed by atoms with Crippen LogP contribution in [0.4, 0.5) is 0 Å². The van der Waals surface area contributed by atoms with Crippen LogP contribution in [0.15, 0.2) is 18.2 Å². The van der Waals surface area contributed by atoms with E-state index in [2.05, 4.69) is 37.4 Å². The van der Waals surface area contributed by atoms with Gasteiger partial charge in [0, 0.05) is 0 Å². The lowest BCUT2D eigenvalue weighted by Crippen LogP contribution is -2.42. The highest BCUT2D eigenvalue weighted by atomic mass is 16.5. The van der Waals surface area contributed by atoms with Gasteiger partial charge >= 0.3 is 0 Å². The molecule has 15 heavy (non-hydrogen) atoms. The van der Waals surface area contributed by atoms with Crippen LogP contribution in [-0.2, 0) is 0 Å². The number of rotatable bonds is 4. The van der Waals surface area contributed by atoms with E-state index in [-0.39, 0.29) is 0 Å². The van der Waals surface area contributed by atoms with Crippen LogP contribution in [0.3, 0.4) is 0 Å². The second-order valence-electron chi connectivity index (χ2n) is 4.43. The first-order valence-electron chi connectivity index (χ1n) is 5.66. The Morgan fingerprint density at radius 2 is 2.13 bits per heavy atom. The molecule has 0 bridgehead atoms. The van der Waals surface area contributed by atoms with E-state index in [9.17, 15) is 0 Å². The molecule has 0 aromatic heterocycles. The highest BCUT2D eigenvalue weighted by molar-refractivity contribution is 5.35. The van der Waals surface area contributed by atoms with Gasteiger partial charge in [0.15, 0.2) is 0 Å². The van der Waals surface area contributed by atoms with Crippen molar-refractivity contribution in [2.75, 3.05) is 19.7 Å². The minimum Gasteiger partial charge on any atom is -0.493 e. The Kier molecular flexibility index (Phi) is 3.27. The van der Waals surface area contributed by atoms with Crippen molar-refractivity contribution >= 4 is 0 Å². The van der Waals surface area contributed by atoms with Crippen LogP contribution >= 0.6 is 0 Å². The Labute approximate surface area is 91.6 Å². The maximum Gasteiger partial charge on any atom is 0.122 e. The first-order chi connectivity index (χ1) is 7.25. The highest BCUT2D eigenvalue weighted by Gasteiger charge is 2.16. The van der Waals surface area contributed by atoms with E-state index in [4.69, 9.17) is 4.74 Å². The monoisotopic (exact) mass is 205 g/mol. The summed E-state index contributed by atoms with van der Waals surface area (Å²) in [6.45, 7) is 7.37. The Bertz CT molecular complexity index is 331. The van der Waals surface area contributed by atoms with Crippen molar-refractivity contribution in [2.45, 2.75) is 20.3 Å². The van der Waals surface area contributed by atoms with Crippen molar-refractivity contribution in [1.82, 2.24) is 5.32 Å². The summed E-state index contributed by atoms with van der Waals surface area (Å²) in [5.74, 6) is 1.87. The minimum absolute atomic E-state index is 0.829. The molecule has 0 aliphatic carbocycles. The number of aryl methyl sites for hydroxylation is 2. The van der Waals surface area contributed by atoms with Gasteiger partial charge in [0.05, 0.1) is 6.61 Å². The Morgan fingerprint density at radius 1 is 1.33 bits per heavy atom. The minimum atomic E-state index is 0.829. The molecule has 0 radical (unpaired) electrons.